The van der Waals surface area contributed by atoms with Gasteiger partial charge in [-0.3, -0.25) is 4.79 Å². The normalized spacial score (nSPS) is 19.8. The molecule has 1 heterocycles. The number of nitrogens with one attached hydrogen (secondary N) is 1. The number of ketones is 1. The lowest BCUT2D eigenvalue weighted by Gasteiger charge is -2.22. The topological polar surface area (TPSA) is 38.3 Å². The third-order valence-electron chi connectivity index (χ3n) is 3.14. The third kappa shape index (κ3) is 3.93. The van der Waals surface area contributed by atoms with Crippen LogP contribution in [0.3, 0.4) is 0 Å². The van der Waals surface area contributed by atoms with Crippen LogP contribution in [0.15, 0.2) is 18.2 Å². The van der Waals surface area contributed by atoms with E-state index >= 15 is 0 Å². The molecular formula is C15H21NO2. The number of ether oxygens (including phenoxy) is 1. The molecule has 0 radical (unpaired) electrons. The van der Waals surface area contributed by atoms with Gasteiger partial charge in [-0.05, 0) is 19.4 Å². The zero-order valence-electron chi connectivity index (χ0n) is 11.2. The summed E-state index contributed by atoms with van der Waals surface area (Å²) in [7, 11) is 0. The summed E-state index contributed by atoms with van der Waals surface area (Å²) in [6.45, 7) is 6.52. The average molecular weight is 247 g/mol. The minimum Gasteiger partial charge on any atom is -0.375 e. The monoisotopic (exact) mass is 247 g/mol. The molecule has 0 saturated carbocycles. The van der Waals surface area contributed by atoms with Crippen LogP contribution in [-0.2, 0) is 16.0 Å². The molecule has 1 aliphatic heterocycles. The Kier molecular flexibility index (Phi) is 4.50. The Labute approximate surface area is 109 Å². The molecule has 3 nitrogen and oxygen atoms in total. The fraction of sp³-hybridized carbons (Fsp3) is 0.533. The summed E-state index contributed by atoms with van der Waals surface area (Å²) in [6, 6.07) is 6.30. The number of benzene rings is 1. The van der Waals surface area contributed by atoms with E-state index in [1.807, 2.05) is 0 Å². The van der Waals surface area contributed by atoms with Gasteiger partial charge < -0.3 is 10.1 Å². The molecule has 0 bridgehead atoms. The molecule has 1 aromatic rings. The van der Waals surface area contributed by atoms with E-state index in [0.717, 1.165) is 18.7 Å². The van der Waals surface area contributed by atoms with Crippen molar-refractivity contribution in [2.75, 3.05) is 19.7 Å². The van der Waals surface area contributed by atoms with Crippen LogP contribution in [0.1, 0.15) is 23.1 Å². The second kappa shape index (κ2) is 6.12. The predicted octanol–water partition coefficient (Wildman–Crippen LogP) is 1.79. The van der Waals surface area contributed by atoms with E-state index in [9.17, 15) is 4.79 Å². The van der Waals surface area contributed by atoms with Crippen molar-refractivity contribution in [1.82, 2.24) is 5.32 Å². The van der Waals surface area contributed by atoms with Gasteiger partial charge >= 0.3 is 0 Å². The molecule has 1 fully saturated rings. The molecule has 0 aliphatic carbocycles. The highest BCUT2D eigenvalue weighted by molar-refractivity contribution is 5.81. The second-order valence-electron chi connectivity index (χ2n) is 5.11. The van der Waals surface area contributed by atoms with Crippen LogP contribution in [0.25, 0.3) is 0 Å². The molecular weight excluding hydrogens is 226 g/mol. The highest BCUT2D eigenvalue weighted by Crippen LogP contribution is 2.12. The van der Waals surface area contributed by atoms with Gasteiger partial charge in [-0.2, -0.15) is 0 Å². The van der Waals surface area contributed by atoms with Crippen molar-refractivity contribution < 1.29 is 9.53 Å². The molecule has 98 valence electrons. The van der Waals surface area contributed by atoms with Gasteiger partial charge in [-0.15, -0.1) is 0 Å². The fourth-order valence-corrected chi connectivity index (χ4v) is 2.48. The molecule has 1 unspecified atom stereocenters. The number of hydrogen-bond acceptors (Lipinski definition) is 3. The Morgan fingerprint density at radius 1 is 1.33 bits per heavy atom. The first-order valence-electron chi connectivity index (χ1n) is 6.54. The van der Waals surface area contributed by atoms with Crippen LogP contribution in [0, 0.1) is 13.8 Å². The second-order valence-corrected chi connectivity index (χ2v) is 5.11. The van der Waals surface area contributed by atoms with Crippen molar-refractivity contribution in [3.63, 3.8) is 0 Å². The summed E-state index contributed by atoms with van der Waals surface area (Å²) in [5.74, 6) is 0.258. The predicted molar refractivity (Wildman–Crippen MR) is 71.9 cm³/mol. The maximum atomic E-state index is 12.0. The molecule has 18 heavy (non-hydrogen) atoms. The van der Waals surface area contributed by atoms with Crippen molar-refractivity contribution in [2.45, 2.75) is 32.8 Å². The van der Waals surface area contributed by atoms with Gasteiger partial charge in [-0.25, -0.2) is 0 Å². The molecule has 0 amide bonds. The smallest absolute Gasteiger partial charge is 0.139 e. The van der Waals surface area contributed by atoms with Crippen LogP contribution in [-0.4, -0.2) is 31.6 Å². The molecule has 1 saturated heterocycles. The lowest BCUT2D eigenvalue weighted by Crippen LogP contribution is -2.39. The Morgan fingerprint density at radius 2 is 2.06 bits per heavy atom. The number of rotatable bonds is 4. The Hall–Kier alpha value is -1.19. The largest absolute Gasteiger partial charge is 0.375 e. The lowest BCUT2D eigenvalue weighted by atomic mass is 10.0. The molecule has 1 N–H and O–H groups in total. The summed E-state index contributed by atoms with van der Waals surface area (Å²) in [5, 5.41) is 3.25. The number of carbonyl (C=O) groups is 1. The van der Waals surface area contributed by atoms with Crippen LogP contribution in [0.5, 0.6) is 0 Å². The molecule has 2 rings (SSSR count). The van der Waals surface area contributed by atoms with Crippen molar-refractivity contribution in [3.8, 4) is 0 Å². The third-order valence-corrected chi connectivity index (χ3v) is 3.14. The molecule has 1 aliphatic rings. The lowest BCUT2D eigenvalue weighted by molar-refractivity contribution is -0.121. The number of carbonyl (C=O) groups excluding carboxylic acids is 1. The quantitative estimate of drug-likeness (QED) is 0.881. The highest BCUT2D eigenvalue weighted by atomic mass is 16.5. The fourth-order valence-electron chi connectivity index (χ4n) is 2.48. The van der Waals surface area contributed by atoms with Gasteiger partial charge in [0.15, 0.2) is 0 Å². The van der Waals surface area contributed by atoms with Crippen LogP contribution in [0.4, 0.5) is 0 Å². The van der Waals surface area contributed by atoms with Crippen LogP contribution < -0.4 is 5.32 Å². The van der Waals surface area contributed by atoms with Crippen LogP contribution in [0.2, 0.25) is 0 Å². The number of hydrogen-bond donors (Lipinski definition) is 1. The van der Waals surface area contributed by atoms with Crippen LogP contribution >= 0.6 is 0 Å². The van der Waals surface area contributed by atoms with Gasteiger partial charge in [-0.1, -0.05) is 29.3 Å². The summed E-state index contributed by atoms with van der Waals surface area (Å²) in [6.07, 6.45) is 1.08. The molecule has 0 spiro atoms. The summed E-state index contributed by atoms with van der Waals surface area (Å²) >= 11 is 0. The summed E-state index contributed by atoms with van der Waals surface area (Å²) in [4.78, 5) is 12.0. The summed E-state index contributed by atoms with van der Waals surface area (Å²) < 4.78 is 5.55. The zero-order chi connectivity index (χ0) is 13.0. The summed E-state index contributed by atoms with van der Waals surface area (Å²) in [5.41, 5.74) is 3.54. The maximum absolute atomic E-state index is 12.0. The zero-order valence-corrected chi connectivity index (χ0v) is 11.2. The van der Waals surface area contributed by atoms with E-state index in [-0.39, 0.29) is 11.9 Å². The molecule has 3 heteroatoms. The van der Waals surface area contributed by atoms with Gasteiger partial charge in [0, 0.05) is 25.9 Å². The van der Waals surface area contributed by atoms with Gasteiger partial charge in [0.05, 0.1) is 12.7 Å². The van der Waals surface area contributed by atoms with Crippen molar-refractivity contribution in [3.05, 3.63) is 34.9 Å². The van der Waals surface area contributed by atoms with E-state index in [0.29, 0.717) is 19.4 Å². The molecule has 1 aromatic carbocycles. The van der Waals surface area contributed by atoms with Gasteiger partial charge in [0.25, 0.3) is 0 Å². The van der Waals surface area contributed by atoms with E-state index in [1.165, 1.54) is 11.1 Å². The first kappa shape index (κ1) is 13.2. The Balaban J connectivity index is 1.89. The number of morpholine rings is 1. The number of Topliss-reactive ketones (excluding diaryl/α,β-unsaturated/α-hetero) is 1. The maximum Gasteiger partial charge on any atom is 0.139 e. The standard InChI is InChI=1S/C15H21NO2/c1-11-5-12(2)7-13(6-11)8-14(17)9-15-10-16-3-4-18-15/h5-7,15-16H,3-4,8-10H2,1-2H3. The SMILES string of the molecule is Cc1cc(C)cc(CC(=O)CC2CNCCO2)c1. The minimum absolute atomic E-state index is 0.0529. The van der Waals surface area contributed by atoms with Gasteiger partial charge in [0.2, 0.25) is 0 Å². The Morgan fingerprint density at radius 3 is 2.67 bits per heavy atom. The van der Waals surface area contributed by atoms with Gasteiger partial charge in [0.1, 0.15) is 5.78 Å². The highest BCUT2D eigenvalue weighted by Gasteiger charge is 2.17. The minimum atomic E-state index is 0.0529. The Bertz CT molecular complexity index is 402. The molecule has 0 aromatic heterocycles. The number of aryl methyl sites for hydroxylation is 2. The first-order chi connectivity index (χ1) is 8.63. The first-order valence-corrected chi connectivity index (χ1v) is 6.54. The van der Waals surface area contributed by atoms with E-state index in [4.69, 9.17) is 4.74 Å². The molecule has 1 atom stereocenters. The van der Waals surface area contributed by atoms with E-state index in [1.54, 1.807) is 0 Å². The average Bonchev–Trinajstić information content (AvgIpc) is 2.28. The van der Waals surface area contributed by atoms with E-state index in [2.05, 4.69) is 37.4 Å². The van der Waals surface area contributed by atoms with Crippen molar-refractivity contribution >= 4 is 5.78 Å². The van der Waals surface area contributed by atoms with E-state index < -0.39 is 0 Å². The van der Waals surface area contributed by atoms with Crippen molar-refractivity contribution in [1.29, 1.82) is 0 Å². The van der Waals surface area contributed by atoms with Crippen molar-refractivity contribution in [2.24, 2.45) is 0 Å².